The number of hydrogen-bond acceptors (Lipinski definition) is 2. The lowest BCUT2D eigenvalue weighted by atomic mass is 10.0. The van der Waals surface area contributed by atoms with Gasteiger partial charge in [0, 0.05) is 17.3 Å². The lowest BCUT2D eigenvalue weighted by Gasteiger charge is -2.17. The van der Waals surface area contributed by atoms with Gasteiger partial charge in [-0.25, -0.2) is 0 Å². The van der Waals surface area contributed by atoms with Gasteiger partial charge in [-0.2, -0.15) is 0 Å². The zero-order valence-corrected chi connectivity index (χ0v) is 10.3. The first-order valence-electron chi connectivity index (χ1n) is 6.60. The molecule has 1 heterocycles. The fourth-order valence-corrected chi connectivity index (χ4v) is 2.99. The third-order valence-electron chi connectivity index (χ3n) is 3.79. The second-order valence-corrected chi connectivity index (χ2v) is 4.89. The van der Waals surface area contributed by atoms with Gasteiger partial charge in [0.1, 0.15) is 11.3 Å². The van der Waals surface area contributed by atoms with Crippen molar-refractivity contribution in [3.8, 4) is 0 Å². The summed E-state index contributed by atoms with van der Waals surface area (Å²) in [4.78, 5) is 0. The predicted molar refractivity (Wildman–Crippen MR) is 70.3 cm³/mol. The molecule has 1 N–H and O–H groups in total. The van der Waals surface area contributed by atoms with E-state index in [0.717, 1.165) is 17.9 Å². The molecular formula is C15H19NO. The van der Waals surface area contributed by atoms with Gasteiger partial charge in [0.05, 0.1) is 0 Å². The van der Waals surface area contributed by atoms with E-state index in [-0.39, 0.29) is 0 Å². The molecule has 1 saturated carbocycles. The van der Waals surface area contributed by atoms with Gasteiger partial charge in [0.15, 0.2) is 0 Å². The van der Waals surface area contributed by atoms with Crippen LogP contribution in [0.1, 0.15) is 37.9 Å². The van der Waals surface area contributed by atoms with E-state index in [1.165, 1.54) is 24.6 Å². The number of hydrogen-bond donors (Lipinski definition) is 1. The van der Waals surface area contributed by atoms with Gasteiger partial charge < -0.3 is 9.73 Å². The largest absolute Gasteiger partial charge is 0.461 e. The first-order valence-corrected chi connectivity index (χ1v) is 6.60. The highest BCUT2D eigenvalue weighted by Crippen LogP contribution is 2.37. The van der Waals surface area contributed by atoms with Crippen molar-refractivity contribution >= 4 is 11.0 Å². The zero-order chi connectivity index (χ0) is 11.7. The Morgan fingerprint density at radius 2 is 2.18 bits per heavy atom. The molecule has 2 heteroatoms. The van der Waals surface area contributed by atoms with E-state index in [1.807, 2.05) is 6.07 Å². The van der Waals surface area contributed by atoms with Crippen molar-refractivity contribution in [2.24, 2.45) is 0 Å². The highest BCUT2D eigenvalue weighted by molar-refractivity contribution is 5.77. The first-order chi connectivity index (χ1) is 8.38. The van der Waals surface area contributed by atoms with Crippen molar-refractivity contribution < 1.29 is 4.42 Å². The van der Waals surface area contributed by atoms with E-state index in [4.69, 9.17) is 4.42 Å². The molecule has 0 bridgehead atoms. The molecule has 0 radical (unpaired) electrons. The van der Waals surface area contributed by atoms with Crippen molar-refractivity contribution in [1.82, 2.24) is 5.32 Å². The van der Waals surface area contributed by atoms with Crippen molar-refractivity contribution in [3.05, 3.63) is 36.1 Å². The van der Waals surface area contributed by atoms with Gasteiger partial charge in [-0.05, 0) is 31.5 Å². The normalized spacial score (nSPS) is 24.5. The molecule has 17 heavy (non-hydrogen) atoms. The number of likely N-dealkylation sites (N-methyl/N-ethyl adjacent to an activating group) is 1. The standard InChI is InChI=1S/C15H19NO/c1-2-16-13-8-5-7-12(13)15-10-11-6-3-4-9-14(11)17-15/h3-4,6,9-10,12-13,16H,2,5,7-8H2,1H3. The Bertz CT molecular complexity index is 469. The zero-order valence-electron chi connectivity index (χ0n) is 10.3. The van der Waals surface area contributed by atoms with E-state index in [9.17, 15) is 0 Å². The van der Waals surface area contributed by atoms with Crippen LogP contribution in [0.2, 0.25) is 0 Å². The van der Waals surface area contributed by atoms with E-state index in [0.29, 0.717) is 12.0 Å². The van der Waals surface area contributed by atoms with Crippen molar-refractivity contribution in [2.75, 3.05) is 6.54 Å². The molecule has 2 atom stereocenters. The minimum Gasteiger partial charge on any atom is -0.461 e. The second-order valence-electron chi connectivity index (χ2n) is 4.89. The molecule has 2 aromatic rings. The van der Waals surface area contributed by atoms with E-state index < -0.39 is 0 Å². The van der Waals surface area contributed by atoms with Crippen LogP contribution < -0.4 is 5.32 Å². The molecule has 1 aromatic carbocycles. The minimum absolute atomic E-state index is 0.558. The topological polar surface area (TPSA) is 25.2 Å². The number of nitrogens with one attached hydrogen (secondary N) is 1. The monoisotopic (exact) mass is 229 g/mol. The van der Waals surface area contributed by atoms with Crippen LogP contribution in [-0.2, 0) is 0 Å². The van der Waals surface area contributed by atoms with Gasteiger partial charge in [0.2, 0.25) is 0 Å². The molecule has 0 spiro atoms. The third kappa shape index (κ3) is 1.98. The summed E-state index contributed by atoms with van der Waals surface area (Å²) in [7, 11) is 0. The SMILES string of the molecule is CCNC1CCCC1c1cc2ccccc2o1. The van der Waals surface area contributed by atoms with Crippen LogP contribution in [-0.4, -0.2) is 12.6 Å². The second kappa shape index (κ2) is 4.53. The molecule has 2 unspecified atom stereocenters. The molecule has 1 aliphatic rings. The van der Waals surface area contributed by atoms with E-state index >= 15 is 0 Å². The Balaban J connectivity index is 1.92. The molecule has 0 amide bonds. The van der Waals surface area contributed by atoms with Crippen LogP contribution in [0.4, 0.5) is 0 Å². The number of para-hydroxylation sites is 1. The van der Waals surface area contributed by atoms with Gasteiger partial charge in [-0.1, -0.05) is 31.5 Å². The molecule has 1 fully saturated rings. The molecule has 0 aliphatic heterocycles. The summed E-state index contributed by atoms with van der Waals surface area (Å²) in [6.45, 7) is 3.22. The molecule has 2 nitrogen and oxygen atoms in total. The fraction of sp³-hybridized carbons (Fsp3) is 0.467. The van der Waals surface area contributed by atoms with E-state index in [1.54, 1.807) is 0 Å². The van der Waals surface area contributed by atoms with Crippen LogP contribution in [0.15, 0.2) is 34.7 Å². The molecule has 3 rings (SSSR count). The Hall–Kier alpha value is -1.28. The van der Waals surface area contributed by atoms with Gasteiger partial charge in [0.25, 0.3) is 0 Å². The number of fused-ring (bicyclic) bond motifs is 1. The average molecular weight is 229 g/mol. The Kier molecular flexibility index (Phi) is 2.89. The van der Waals surface area contributed by atoms with Crippen LogP contribution in [0.5, 0.6) is 0 Å². The summed E-state index contributed by atoms with van der Waals surface area (Å²) in [5.41, 5.74) is 1.02. The summed E-state index contributed by atoms with van der Waals surface area (Å²) >= 11 is 0. The fourth-order valence-electron chi connectivity index (χ4n) is 2.99. The molecular weight excluding hydrogens is 210 g/mol. The summed E-state index contributed by atoms with van der Waals surface area (Å²) in [6.07, 6.45) is 3.83. The molecule has 0 saturated heterocycles. The summed E-state index contributed by atoms with van der Waals surface area (Å²) in [5.74, 6) is 1.72. The van der Waals surface area contributed by atoms with Crippen LogP contribution in [0.3, 0.4) is 0 Å². The number of furan rings is 1. The van der Waals surface area contributed by atoms with E-state index in [2.05, 4.69) is 36.5 Å². The molecule has 1 aliphatic carbocycles. The lowest BCUT2D eigenvalue weighted by Crippen LogP contribution is -2.30. The van der Waals surface area contributed by atoms with Gasteiger partial charge in [-0.15, -0.1) is 0 Å². The average Bonchev–Trinajstić information content (AvgIpc) is 2.94. The van der Waals surface area contributed by atoms with Gasteiger partial charge >= 0.3 is 0 Å². The highest BCUT2D eigenvalue weighted by Gasteiger charge is 2.30. The Morgan fingerprint density at radius 1 is 1.29 bits per heavy atom. The van der Waals surface area contributed by atoms with Crippen molar-refractivity contribution in [2.45, 2.75) is 38.1 Å². The summed E-state index contributed by atoms with van der Waals surface area (Å²) < 4.78 is 5.99. The maximum Gasteiger partial charge on any atom is 0.134 e. The Labute approximate surface area is 102 Å². The van der Waals surface area contributed by atoms with Crippen molar-refractivity contribution in [1.29, 1.82) is 0 Å². The smallest absolute Gasteiger partial charge is 0.134 e. The Morgan fingerprint density at radius 3 is 3.00 bits per heavy atom. The van der Waals surface area contributed by atoms with Crippen LogP contribution >= 0.6 is 0 Å². The summed E-state index contributed by atoms with van der Waals surface area (Å²) in [6, 6.07) is 11.1. The highest BCUT2D eigenvalue weighted by atomic mass is 16.3. The van der Waals surface area contributed by atoms with Crippen LogP contribution in [0, 0.1) is 0 Å². The van der Waals surface area contributed by atoms with Gasteiger partial charge in [-0.3, -0.25) is 0 Å². The lowest BCUT2D eigenvalue weighted by molar-refractivity contribution is 0.422. The molecule has 1 aromatic heterocycles. The molecule has 90 valence electrons. The maximum absolute atomic E-state index is 5.99. The number of benzene rings is 1. The maximum atomic E-state index is 5.99. The predicted octanol–water partition coefficient (Wildman–Crippen LogP) is 3.68. The first kappa shape index (κ1) is 10.8. The number of rotatable bonds is 3. The third-order valence-corrected chi connectivity index (χ3v) is 3.79. The summed E-state index contributed by atoms with van der Waals surface area (Å²) in [5, 5.41) is 4.80. The quantitative estimate of drug-likeness (QED) is 0.868. The minimum atomic E-state index is 0.558. The van der Waals surface area contributed by atoms with Crippen molar-refractivity contribution in [3.63, 3.8) is 0 Å². The van der Waals surface area contributed by atoms with Crippen LogP contribution in [0.25, 0.3) is 11.0 Å².